The molecular weight excluding hydrogens is 665 g/mol. The monoisotopic (exact) mass is 759 g/mol. The second kappa shape index (κ2) is 26.8. The molecule has 0 aromatic carbocycles. The predicted molar refractivity (Wildman–Crippen MR) is 232 cm³/mol. The van der Waals surface area contributed by atoms with Crippen LogP contribution in [0.1, 0.15) is 255 Å². The summed E-state index contributed by atoms with van der Waals surface area (Å²) in [6.07, 6.45) is 37.3. The molecule has 5 atom stereocenters. The van der Waals surface area contributed by atoms with E-state index >= 15 is 0 Å². The molecule has 3 fully saturated rings. The zero-order valence-electron chi connectivity index (χ0n) is 37.9. The quantitative estimate of drug-likeness (QED) is 0.0541. The maximum atomic E-state index is 12.6. The van der Waals surface area contributed by atoms with Gasteiger partial charge in [-0.25, -0.2) is 0 Å². The summed E-state index contributed by atoms with van der Waals surface area (Å²) in [6.45, 7) is 21.3. The molecule has 3 aliphatic rings. The Hall–Kier alpha value is -1.06. The van der Waals surface area contributed by atoms with E-state index in [0.717, 1.165) is 55.3 Å². The average Bonchev–Trinajstić information content (AvgIpc) is 3.15. The van der Waals surface area contributed by atoms with Crippen LogP contribution in [0.4, 0.5) is 0 Å². The number of esters is 2. The number of hydrogen-bond acceptors (Lipinski definition) is 4. The lowest BCUT2D eigenvalue weighted by Gasteiger charge is -2.75. The van der Waals surface area contributed by atoms with E-state index in [4.69, 9.17) is 9.47 Å². The van der Waals surface area contributed by atoms with Gasteiger partial charge in [0.2, 0.25) is 0 Å². The van der Waals surface area contributed by atoms with Crippen LogP contribution in [-0.2, 0) is 19.1 Å². The van der Waals surface area contributed by atoms with Crippen molar-refractivity contribution >= 4 is 11.9 Å². The number of hydrogen-bond donors (Lipinski definition) is 0. The Bertz CT molecular complexity index is 975. The highest BCUT2D eigenvalue weighted by Crippen LogP contribution is 2.78. The molecule has 4 nitrogen and oxygen atoms in total. The van der Waals surface area contributed by atoms with Crippen LogP contribution in [0, 0.1) is 40.4 Å². The van der Waals surface area contributed by atoms with E-state index < -0.39 is 0 Å². The lowest BCUT2D eigenvalue weighted by molar-refractivity contribution is -0.288. The molecular formula is C50H94O4. The van der Waals surface area contributed by atoms with Gasteiger partial charge in [0.25, 0.3) is 0 Å². The third-order valence-electron chi connectivity index (χ3n) is 15.0. The summed E-state index contributed by atoms with van der Waals surface area (Å²) >= 11 is 0. The maximum absolute atomic E-state index is 12.6. The Morgan fingerprint density at radius 2 is 1.06 bits per heavy atom. The Labute approximate surface area is 337 Å². The molecule has 0 aromatic heterocycles. The van der Waals surface area contributed by atoms with Crippen molar-refractivity contribution in [1.82, 2.24) is 0 Å². The third kappa shape index (κ3) is 16.1. The van der Waals surface area contributed by atoms with Gasteiger partial charge >= 0.3 is 11.9 Å². The molecule has 3 saturated carbocycles. The summed E-state index contributed by atoms with van der Waals surface area (Å²) in [6, 6.07) is 0. The van der Waals surface area contributed by atoms with Crippen LogP contribution in [0.3, 0.4) is 0 Å². The van der Waals surface area contributed by atoms with Crippen LogP contribution in [-0.4, -0.2) is 24.1 Å². The van der Waals surface area contributed by atoms with Crippen molar-refractivity contribution in [2.24, 2.45) is 40.4 Å². The van der Waals surface area contributed by atoms with Gasteiger partial charge in [-0.2, -0.15) is 0 Å². The highest BCUT2D eigenvalue weighted by molar-refractivity contribution is 5.70. The zero-order chi connectivity index (χ0) is 39.9. The number of carbonyl (C=O) groups excluding carboxylic acids is 2. The molecule has 3 rings (SSSR count). The van der Waals surface area contributed by atoms with E-state index in [9.17, 15) is 9.59 Å². The first kappa shape index (κ1) is 49.1. The summed E-state index contributed by atoms with van der Waals surface area (Å²) in [5.74, 6) is 4.47. The van der Waals surface area contributed by atoms with Gasteiger partial charge in [-0.15, -0.1) is 0 Å². The van der Waals surface area contributed by atoms with E-state index in [-0.39, 0.29) is 23.0 Å². The van der Waals surface area contributed by atoms with Crippen molar-refractivity contribution in [2.75, 3.05) is 6.61 Å². The fourth-order valence-corrected chi connectivity index (χ4v) is 10.8. The van der Waals surface area contributed by atoms with Crippen LogP contribution >= 0.6 is 0 Å². The first-order chi connectivity index (χ1) is 25.9. The van der Waals surface area contributed by atoms with Gasteiger partial charge in [0.1, 0.15) is 5.60 Å². The van der Waals surface area contributed by atoms with E-state index in [1.54, 1.807) is 0 Å². The normalized spacial score (nSPS) is 23.4. The summed E-state index contributed by atoms with van der Waals surface area (Å²) in [7, 11) is 0. The van der Waals surface area contributed by atoms with E-state index in [1.165, 1.54) is 154 Å². The molecule has 0 saturated heterocycles. The molecule has 4 heteroatoms. The highest BCUT2D eigenvalue weighted by atomic mass is 16.6. The molecule has 0 radical (unpaired) electrons. The van der Waals surface area contributed by atoms with Crippen molar-refractivity contribution < 1.29 is 19.1 Å². The predicted octanol–water partition coefficient (Wildman–Crippen LogP) is 15.8. The van der Waals surface area contributed by atoms with Crippen LogP contribution in [0.2, 0.25) is 0 Å². The van der Waals surface area contributed by atoms with Gasteiger partial charge < -0.3 is 9.47 Å². The van der Waals surface area contributed by atoms with Crippen molar-refractivity contribution in [1.29, 1.82) is 0 Å². The van der Waals surface area contributed by atoms with Gasteiger partial charge in [-0.3, -0.25) is 9.59 Å². The molecule has 0 amide bonds. The van der Waals surface area contributed by atoms with Gasteiger partial charge in [0.05, 0.1) is 6.61 Å². The lowest BCUT2D eigenvalue weighted by atomic mass is 9.30. The molecule has 5 unspecified atom stereocenters. The number of unbranched alkanes of at least 4 members (excludes halogenated alkanes) is 16. The van der Waals surface area contributed by atoms with Crippen LogP contribution in [0.25, 0.3) is 0 Å². The van der Waals surface area contributed by atoms with Crippen molar-refractivity contribution in [3.8, 4) is 0 Å². The second-order valence-corrected chi connectivity index (χ2v) is 19.7. The molecule has 0 bridgehead atoms. The van der Waals surface area contributed by atoms with E-state index in [1.807, 2.05) is 0 Å². The Kier molecular flexibility index (Phi) is 24.3. The molecule has 0 aromatic rings. The standard InChI is InChI=1S/C26H46O2.C24H48O2/c1-7-8-9-10-11-12-13-22(27)28-25(5,6)24(3,4)26-17-20-15-14-19(2)16-21(18-26)23(20)26;1-4-7-10-11-12-13-14-17-20-24(25)26-22-21-23(18-15-8-5-2)19-16-9-6-3/h19-21,23H,7-18H2,1-6H3;23H,4-22H2,1-3H3. The molecule has 0 N–H and O–H groups in total. The maximum Gasteiger partial charge on any atom is 0.306 e. The number of rotatable bonds is 30. The number of carbonyl (C=O) groups is 2. The van der Waals surface area contributed by atoms with Gasteiger partial charge in [0, 0.05) is 18.3 Å². The lowest BCUT2D eigenvalue weighted by Crippen LogP contribution is -2.71. The van der Waals surface area contributed by atoms with Crippen molar-refractivity contribution in [2.45, 2.75) is 261 Å². The third-order valence-corrected chi connectivity index (χ3v) is 15.0. The second-order valence-electron chi connectivity index (χ2n) is 19.7. The zero-order valence-corrected chi connectivity index (χ0v) is 37.9. The van der Waals surface area contributed by atoms with Gasteiger partial charge in [0.15, 0.2) is 0 Å². The van der Waals surface area contributed by atoms with Gasteiger partial charge in [-0.05, 0) is 93.8 Å². The summed E-state index contributed by atoms with van der Waals surface area (Å²) in [5.41, 5.74) is 0.0680. The average molecular weight is 759 g/mol. The first-order valence-electron chi connectivity index (χ1n) is 24.3. The summed E-state index contributed by atoms with van der Waals surface area (Å²) in [5, 5.41) is 0. The van der Waals surface area contributed by atoms with Gasteiger partial charge in [-0.1, -0.05) is 183 Å². The minimum absolute atomic E-state index is 0.0196. The topological polar surface area (TPSA) is 52.6 Å². The molecule has 0 aliphatic heterocycles. The van der Waals surface area contributed by atoms with Crippen molar-refractivity contribution in [3.05, 3.63) is 0 Å². The number of ether oxygens (including phenoxy) is 2. The minimum atomic E-state index is -0.389. The minimum Gasteiger partial charge on any atom is -0.466 e. The summed E-state index contributed by atoms with van der Waals surface area (Å²) in [4.78, 5) is 24.5. The summed E-state index contributed by atoms with van der Waals surface area (Å²) < 4.78 is 11.7. The highest BCUT2D eigenvalue weighted by Gasteiger charge is 2.73. The smallest absolute Gasteiger partial charge is 0.306 e. The Balaban J connectivity index is 0.000000375. The van der Waals surface area contributed by atoms with Crippen molar-refractivity contribution in [3.63, 3.8) is 0 Å². The van der Waals surface area contributed by atoms with E-state index in [0.29, 0.717) is 24.9 Å². The SMILES string of the molecule is CCCCCCCCC(=O)OC(C)(C)C(C)(C)C12CC3CCC(C)CC(C1)C32.CCCCCCCCCCC(=O)OCCC(CCCCC)CCCCC. The first-order valence-corrected chi connectivity index (χ1v) is 24.3. The van der Waals surface area contributed by atoms with Crippen LogP contribution in [0.15, 0.2) is 0 Å². The van der Waals surface area contributed by atoms with E-state index in [2.05, 4.69) is 62.3 Å². The van der Waals surface area contributed by atoms with Crippen LogP contribution < -0.4 is 0 Å². The molecule has 318 valence electrons. The molecule has 0 spiro atoms. The molecule has 54 heavy (non-hydrogen) atoms. The fourth-order valence-electron chi connectivity index (χ4n) is 10.8. The van der Waals surface area contributed by atoms with Crippen LogP contribution in [0.5, 0.6) is 0 Å². The Morgan fingerprint density at radius 3 is 1.59 bits per heavy atom. The molecule has 0 heterocycles. The Morgan fingerprint density at radius 1 is 0.593 bits per heavy atom. The molecule has 3 aliphatic carbocycles. The largest absolute Gasteiger partial charge is 0.466 e. The fraction of sp³-hybridized carbons (Fsp3) is 0.960.